The molecule has 0 N–H and O–H groups in total. The van der Waals surface area contributed by atoms with Crippen LogP contribution in [0.4, 0.5) is 4.79 Å². The van der Waals surface area contributed by atoms with Gasteiger partial charge < -0.3 is 0 Å². The van der Waals surface area contributed by atoms with E-state index in [9.17, 15) is 14.4 Å². The average molecular weight is 274 g/mol. The molecule has 0 spiro atoms. The molecular formula is C15H18N2O3. The van der Waals surface area contributed by atoms with Gasteiger partial charge in [0.2, 0.25) is 0 Å². The minimum absolute atomic E-state index is 0.134. The highest BCUT2D eigenvalue weighted by molar-refractivity contribution is 6.44. The van der Waals surface area contributed by atoms with Crippen LogP contribution >= 0.6 is 0 Å². The van der Waals surface area contributed by atoms with Gasteiger partial charge in [-0.15, -0.1) is 0 Å². The van der Waals surface area contributed by atoms with Crippen molar-refractivity contribution < 1.29 is 14.4 Å². The number of benzene rings is 1. The summed E-state index contributed by atoms with van der Waals surface area (Å²) < 4.78 is 0. The van der Waals surface area contributed by atoms with Crippen LogP contribution in [0.2, 0.25) is 0 Å². The molecule has 106 valence electrons. The zero-order valence-electron chi connectivity index (χ0n) is 12.1. The monoisotopic (exact) mass is 274 g/mol. The zero-order valence-corrected chi connectivity index (χ0v) is 12.1. The number of imide groups is 2. The molecule has 5 heteroatoms. The number of hydrogen-bond acceptors (Lipinski definition) is 3. The molecule has 2 rings (SSSR count). The van der Waals surface area contributed by atoms with E-state index in [1.807, 2.05) is 32.0 Å². The molecule has 0 unspecified atom stereocenters. The van der Waals surface area contributed by atoms with Crippen LogP contribution < -0.4 is 0 Å². The van der Waals surface area contributed by atoms with Crippen LogP contribution in [0.5, 0.6) is 0 Å². The van der Waals surface area contributed by atoms with Crippen molar-refractivity contribution in [1.29, 1.82) is 0 Å². The third kappa shape index (κ3) is 2.43. The number of nitrogens with zero attached hydrogens (tertiary/aromatic N) is 2. The van der Waals surface area contributed by atoms with Gasteiger partial charge in [-0.3, -0.25) is 19.4 Å². The lowest BCUT2D eigenvalue weighted by molar-refractivity contribution is -0.144. The SMILES string of the molecule is Cc1cc(C)cc(CN2C(=O)C(=O)N(C(C)C)C2=O)c1. The lowest BCUT2D eigenvalue weighted by atomic mass is 10.1. The highest BCUT2D eigenvalue weighted by Gasteiger charge is 2.45. The number of hydrogen-bond donors (Lipinski definition) is 0. The summed E-state index contributed by atoms with van der Waals surface area (Å²) in [7, 11) is 0. The first-order valence-corrected chi connectivity index (χ1v) is 6.57. The topological polar surface area (TPSA) is 57.7 Å². The van der Waals surface area contributed by atoms with Crippen molar-refractivity contribution in [2.24, 2.45) is 0 Å². The number of aryl methyl sites for hydroxylation is 2. The van der Waals surface area contributed by atoms with E-state index in [0.29, 0.717) is 0 Å². The Morgan fingerprint density at radius 3 is 1.95 bits per heavy atom. The number of urea groups is 1. The summed E-state index contributed by atoms with van der Waals surface area (Å²) in [6, 6.07) is 4.99. The third-order valence-electron chi connectivity index (χ3n) is 3.22. The first-order chi connectivity index (χ1) is 9.31. The minimum Gasteiger partial charge on any atom is -0.263 e. The molecule has 1 aromatic rings. The molecule has 5 nitrogen and oxygen atoms in total. The molecule has 0 atom stereocenters. The van der Waals surface area contributed by atoms with Crippen LogP contribution in [-0.4, -0.2) is 33.7 Å². The van der Waals surface area contributed by atoms with Gasteiger partial charge in [-0.25, -0.2) is 4.79 Å². The molecule has 0 saturated carbocycles. The maximum atomic E-state index is 12.2. The van der Waals surface area contributed by atoms with Crippen LogP contribution in [0.3, 0.4) is 0 Å². The van der Waals surface area contributed by atoms with Gasteiger partial charge in [0.1, 0.15) is 0 Å². The van der Waals surface area contributed by atoms with Crippen LogP contribution in [-0.2, 0) is 16.1 Å². The Hall–Kier alpha value is -2.17. The maximum Gasteiger partial charge on any atom is 0.334 e. The van der Waals surface area contributed by atoms with Crippen molar-refractivity contribution >= 4 is 17.8 Å². The quantitative estimate of drug-likeness (QED) is 0.625. The highest BCUT2D eigenvalue weighted by Crippen LogP contribution is 2.19. The van der Waals surface area contributed by atoms with Gasteiger partial charge in [0.15, 0.2) is 0 Å². The molecule has 0 aliphatic carbocycles. The lowest BCUT2D eigenvalue weighted by Crippen LogP contribution is -2.37. The smallest absolute Gasteiger partial charge is 0.263 e. The van der Waals surface area contributed by atoms with Crippen molar-refractivity contribution in [3.05, 3.63) is 34.9 Å². The zero-order chi connectivity index (χ0) is 15.0. The Morgan fingerprint density at radius 2 is 1.50 bits per heavy atom. The standard InChI is InChI=1S/C15H18N2O3/c1-9(2)17-14(19)13(18)16(15(17)20)8-12-6-10(3)5-11(4)7-12/h5-7,9H,8H2,1-4H3. The second kappa shape index (κ2) is 5.07. The molecule has 20 heavy (non-hydrogen) atoms. The maximum absolute atomic E-state index is 12.2. The van der Waals surface area contributed by atoms with E-state index in [1.54, 1.807) is 13.8 Å². The van der Waals surface area contributed by atoms with Gasteiger partial charge in [0.05, 0.1) is 6.54 Å². The fourth-order valence-electron chi connectivity index (χ4n) is 2.46. The molecule has 4 amide bonds. The van der Waals surface area contributed by atoms with Crippen molar-refractivity contribution in [3.63, 3.8) is 0 Å². The summed E-state index contributed by atoms with van der Waals surface area (Å²) in [5.41, 5.74) is 2.97. The van der Waals surface area contributed by atoms with Crippen LogP contribution in [0, 0.1) is 13.8 Å². The molecular weight excluding hydrogens is 256 g/mol. The van der Waals surface area contributed by atoms with Crippen LogP contribution in [0.15, 0.2) is 18.2 Å². The number of carbonyl (C=O) groups is 3. The minimum atomic E-state index is -0.747. The van der Waals surface area contributed by atoms with Crippen molar-refractivity contribution in [3.8, 4) is 0 Å². The number of rotatable bonds is 3. The number of amides is 4. The average Bonchev–Trinajstić information content (AvgIpc) is 2.52. The second-order valence-corrected chi connectivity index (χ2v) is 5.44. The second-order valence-electron chi connectivity index (χ2n) is 5.44. The molecule has 0 bridgehead atoms. The summed E-state index contributed by atoms with van der Waals surface area (Å²) in [5.74, 6) is -1.49. The van der Waals surface area contributed by atoms with E-state index in [-0.39, 0.29) is 12.6 Å². The van der Waals surface area contributed by atoms with Crippen LogP contribution in [0.25, 0.3) is 0 Å². The van der Waals surface area contributed by atoms with Gasteiger partial charge in [-0.2, -0.15) is 0 Å². The van der Waals surface area contributed by atoms with E-state index >= 15 is 0 Å². The number of carbonyl (C=O) groups excluding carboxylic acids is 3. The van der Waals surface area contributed by atoms with E-state index < -0.39 is 17.8 Å². The van der Waals surface area contributed by atoms with E-state index in [4.69, 9.17) is 0 Å². The molecule has 1 fully saturated rings. The molecule has 0 aromatic heterocycles. The first-order valence-electron chi connectivity index (χ1n) is 6.57. The van der Waals surface area contributed by atoms with E-state index in [0.717, 1.165) is 26.5 Å². The Kier molecular flexibility index (Phi) is 3.61. The Balaban J connectivity index is 2.27. The molecule has 1 heterocycles. The van der Waals surface area contributed by atoms with Gasteiger partial charge in [0.25, 0.3) is 0 Å². The van der Waals surface area contributed by atoms with Gasteiger partial charge in [-0.1, -0.05) is 29.3 Å². The first kappa shape index (κ1) is 14.2. The fourth-order valence-corrected chi connectivity index (χ4v) is 2.46. The van der Waals surface area contributed by atoms with Gasteiger partial charge in [0, 0.05) is 6.04 Å². The lowest BCUT2D eigenvalue weighted by Gasteiger charge is -2.18. The molecule has 1 aliphatic rings. The van der Waals surface area contributed by atoms with Gasteiger partial charge in [-0.05, 0) is 33.3 Å². The normalized spacial score (nSPS) is 15.8. The fraction of sp³-hybridized carbons (Fsp3) is 0.400. The Bertz CT molecular complexity index is 573. The molecule has 1 aromatic carbocycles. The highest BCUT2D eigenvalue weighted by atomic mass is 16.2. The van der Waals surface area contributed by atoms with E-state index in [2.05, 4.69) is 0 Å². The van der Waals surface area contributed by atoms with E-state index in [1.165, 1.54) is 0 Å². The van der Waals surface area contributed by atoms with Crippen molar-refractivity contribution in [2.75, 3.05) is 0 Å². The summed E-state index contributed by atoms with van der Waals surface area (Å²) in [6.45, 7) is 7.47. The van der Waals surface area contributed by atoms with Gasteiger partial charge >= 0.3 is 17.8 Å². The Morgan fingerprint density at radius 1 is 0.950 bits per heavy atom. The molecule has 1 saturated heterocycles. The summed E-state index contributed by atoms with van der Waals surface area (Å²) >= 11 is 0. The largest absolute Gasteiger partial charge is 0.334 e. The third-order valence-corrected chi connectivity index (χ3v) is 3.22. The summed E-state index contributed by atoms with van der Waals surface area (Å²) in [6.07, 6.45) is 0. The predicted molar refractivity (Wildman–Crippen MR) is 73.8 cm³/mol. The summed E-state index contributed by atoms with van der Waals surface area (Å²) in [4.78, 5) is 37.9. The molecule has 1 aliphatic heterocycles. The van der Waals surface area contributed by atoms with Crippen LogP contribution in [0.1, 0.15) is 30.5 Å². The Labute approximate surface area is 118 Å². The summed E-state index contributed by atoms with van der Waals surface area (Å²) in [5, 5.41) is 0. The predicted octanol–water partition coefficient (Wildman–Crippen LogP) is 2.00. The van der Waals surface area contributed by atoms with Crippen molar-refractivity contribution in [2.45, 2.75) is 40.3 Å². The van der Waals surface area contributed by atoms with Crippen molar-refractivity contribution in [1.82, 2.24) is 9.80 Å². The molecule has 0 radical (unpaired) electrons.